The van der Waals surface area contributed by atoms with E-state index in [1.54, 1.807) is 6.07 Å². The Labute approximate surface area is 98.3 Å². The predicted octanol–water partition coefficient (Wildman–Crippen LogP) is 2.22. The maximum Gasteiger partial charge on any atom is 0.258 e. The zero-order chi connectivity index (χ0) is 11.4. The molecule has 0 radical (unpaired) electrons. The van der Waals surface area contributed by atoms with Crippen molar-refractivity contribution in [1.82, 2.24) is 9.97 Å². The van der Waals surface area contributed by atoms with Crippen molar-refractivity contribution >= 4 is 22.7 Å². The molecule has 0 aliphatic carbocycles. The maximum atomic E-state index is 11.7. The summed E-state index contributed by atoms with van der Waals surface area (Å²) in [7, 11) is 0. The van der Waals surface area contributed by atoms with Gasteiger partial charge in [-0.1, -0.05) is 12.1 Å². The molecule has 0 amide bonds. The van der Waals surface area contributed by atoms with E-state index in [2.05, 4.69) is 16.2 Å². The Bertz CT molecular complexity index is 536. The van der Waals surface area contributed by atoms with Crippen LogP contribution < -0.4 is 5.56 Å². The van der Waals surface area contributed by atoms with Gasteiger partial charge in [-0.3, -0.25) is 4.79 Å². The summed E-state index contributed by atoms with van der Waals surface area (Å²) in [6.07, 6.45) is 3.96. The van der Waals surface area contributed by atoms with Gasteiger partial charge >= 0.3 is 0 Å². The van der Waals surface area contributed by atoms with Crippen LogP contribution in [-0.2, 0) is 6.42 Å². The largest absolute Gasteiger partial charge is 0.310 e. The fraction of sp³-hybridized carbons (Fsp3) is 0.333. The highest BCUT2D eigenvalue weighted by molar-refractivity contribution is 7.98. The van der Waals surface area contributed by atoms with Crippen LogP contribution in [0.1, 0.15) is 12.2 Å². The summed E-state index contributed by atoms with van der Waals surface area (Å²) in [5.74, 6) is 1.88. The van der Waals surface area contributed by atoms with Crippen LogP contribution in [0.5, 0.6) is 0 Å². The highest BCUT2D eigenvalue weighted by Gasteiger charge is 2.02. The van der Waals surface area contributed by atoms with Crippen LogP contribution >= 0.6 is 11.8 Å². The molecule has 0 fully saturated rings. The molecule has 1 N–H and O–H groups in total. The van der Waals surface area contributed by atoms with E-state index < -0.39 is 0 Å². The first-order chi connectivity index (χ1) is 7.81. The van der Waals surface area contributed by atoms with Crippen LogP contribution in [-0.4, -0.2) is 22.0 Å². The second kappa shape index (κ2) is 5.16. The SMILES string of the molecule is CSCCCc1nc2ccccc2c(=O)[nH]1. The number of para-hydroxylation sites is 1. The van der Waals surface area contributed by atoms with Crippen molar-refractivity contribution in [3.05, 3.63) is 40.4 Å². The summed E-state index contributed by atoms with van der Waals surface area (Å²) >= 11 is 1.81. The fourth-order valence-electron chi connectivity index (χ4n) is 1.64. The van der Waals surface area contributed by atoms with Crippen molar-refractivity contribution in [1.29, 1.82) is 0 Å². The van der Waals surface area contributed by atoms with Crippen LogP contribution in [0.4, 0.5) is 0 Å². The zero-order valence-electron chi connectivity index (χ0n) is 9.19. The Morgan fingerprint density at radius 1 is 1.38 bits per heavy atom. The summed E-state index contributed by atoms with van der Waals surface area (Å²) < 4.78 is 0. The summed E-state index contributed by atoms with van der Waals surface area (Å²) in [5.41, 5.74) is 0.746. The third-order valence-electron chi connectivity index (χ3n) is 2.42. The monoisotopic (exact) mass is 234 g/mol. The van der Waals surface area contributed by atoms with Gasteiger partial charge in [0.1, 0.15) is 5.82 Å². The van der Waals surface area contributed by atoms with E-state index in [1.807, 2.05) is 30.0 Å². The molecule has 0 saturated heterocycles. The first-order valence-corrected chi connectivity index (χ1v) is 6.67. The third-order valence-corrected chi connectivity index (χ3v) is 3.12. The number of aromatic nitrogens is 2. The zero-order valence-corrected chi connectivity index (χ0v) is 10.0. The average molecular weight is 234 g/mol. The molecule has 0 aliphatic rings. The lowest BCUT2D eigenvalue weighted by Gasteiger charge is -2.01. The Kier molecular flexibility index (Phi) is 3.62. The quantitative estimate of drug-likeness (QED) is 0.825. The molecule has 4 heteroatoms. The van der Waals surface area contributed by atoms with Gasteiger partial charge in [0.15, 0.2) is 0 Å². The van der Waals surface area contributed by atoms with Crippen molar-refractivity contribution in [2.24, 2.45) is 0 Å². The molecular weight excluding hydrogens is 220 g/mol. The van der Waals surface area contributed by atoms with E-state index >= 15 is 0 Å². The molecule has 16 heavy (non-hydrogen) atoms. The lowest BCUT2D eigenvalue weighted by Crippen LogP contribution is -2.11. The number of hydrogen-bond acceptors (Lipinski definition) is 3. The van der Waals surface area contributed by atoms with E-state index in [0.717, 1.165) is 29.9 Å². The van der Waals surface area contributed by atoms with E-state index in [9.17, 15) is 4.79 Å². The molecule has 3 nitrogen and oxygen atoms in total. The summed E-state index contributed by atoms with van der Waals surface area (Å²) in [4.78, 5) is 19.0. The number of fused-ring (bicyclic) bond motifs is 1. The Morgan fingerprint density at radius 2 is 2.19 bits per heavy atom. The van der Waals surface area contributed by atoms with Gasteiger partial charge < -0.3 is 4.98 Å². The van der Waals surface area contributed by atoms with Crippen LogP contribution in [0.2, 0.25) is 0 Å². The molecule has 0 bridgehead atoms. The normalized spacial score (nSPS) is 10.8. The van der Waals surface area contributed by atoms with Crippen LogP contribution in [0.15, 0.2) is 29.1 Å². The third kappa shape index (κ3) is 2.44. The van der Waals surface area contributed by atoms with Gasteiger partial charge in [0.25, 0.3) is 5.56 Å². The average Bonchev–Trinajstić information content (AvgIpc) is 2.30. The Morgan fingerprint density at radius 3 is 3.00 bits per heavy atom. The fourth-order valence-corrected chi connectivity index (χ4v) is 2.07. The standard InChI is InChI=1S/C12H14N2OS/c1-16-8-4-7-11-13-10-6-3-2-5-9(10)12(15)14-11/h2-3,5-6H,4,7-8H2,1H3,(H,13,14,15). The molecule has 2 rings (SSSR count). The van der Waals surface area contributed by atoms with Gasteiger partial charge in [0.05, 0.1) is 10.9 Å². The minimum atomic E-state index is -0.0373. The van der Waals surface area contributed by atoms with E-state index in [1.165, 1.54) is 0 Å². The lowest BCUT2D eigenvalue weighted by atomic mass is 10.2. The first-order valence-electron chi connectivity index (χ1n) is 5.28. The Balaban J connectivity index is 2.31. The van der Waals surface area contributed by atoms with Crippen LogP contribution in [0.3, 0.4) is 0 Å². The number of aromatic amines is 1. The highest BCUT2D eigenvalue weighted by atomic mass is 32.2. The lowest BCUT2D eigenvalue weighted by molar-refractivity contribution is 0.845. The molecule has 0 aliphatic heterocycles. The summed E-state index contributed by atoms with van der Waals surface area (Å²) in [6.45, 7) is 0. The molecule has 1 aromatic heterocycles. The van der Waals surface area contributed by atoms with Crippen LogP contribution in [0.25, 0.3) is 10.9 Å². The van der Waals surface area contributed by atoms with Gasteiger partial charge in [0.2, 0.25) is 0 Å². The van der Waals surface area contributed by atoms with Crippen molar-refractivity contribution in [3.63, 3.8) is 0 Å². The smallest absolute Gasteiger partial charge is 0.258 e. The molecule has 0 atom stereocenters. The first kappa shape index (κ1) is 11.2. The molecule has 0 spiro atoms. The summed E-state index contributed by atoms with van der Waals surface area (Å²) in [6, 6.07) is 7.43. The maximum absolute atomic E-state index is 11.7. The second-order valence-corrected chi connectivity index (χ2v) is 4.61. The number of hydrogen-bond donors (Lipinski definition) is 1. The summed E-state index contributed by atoms with van der Waals surface area (Å²) in [5, 5.41) is 0.663. The number of rotatable bonds is 4. The molecule has 2 aromatic rings. The van der Waals surface area contributed by atoms with Gasteiger partial charge in [-0.2, -0.15) is 11.8 Å². The number of nitrogens with zero attached hydrogens (tertiary/aromatic N) is 1. The van der Waals surface area contributed by atoms with Crippen molar-refractivity contribution in [2.45, 2.75) is 12.8 Å². The topological polar surface area (TPSA) is 45.8 Å². The van der Waals surface area contributed by atoms with E-state index in [0.29, 0.717) is 5.39 Å². The Hall–Kier alpha value is -1.29. The van der Waals surface area contributed by atoms with Gasteiger partial charge in [-0.05, 0) is 30.6 Å². The number of H-pyrrole nitrogens is 1. The molecule has 1 aromatic carbocycles. The van der Waals surface area contributed by atoms with Crippen LogP contribution in [0, 0.1) is 0 Å². The number of benzene rings is 1. The molecule has 0 saturated carbocycles. The number of aryl methyl sites for hydroxylation is 1. The van der Waals surface area contributed by atoms with Crippen molar-refractivity contribution in [3.8, 4) is 0 Å². The number of nitrogens with one attached hydrogen (secondary N) is 1. The van der Waals surface area contributed by atoms with Gasteiger partial charge in [-0.15, -0.1) is 0 Å². The predicted molar refractivity (Wildman–Crippen MR) is 69.1 cm³/mol. The molecular formula is C12H14N2OS. The molecule has 0 unspecified atom stereocenters. The minimum Gasteiger partial charge on any atom is -0.310 e. The second-order valence-electron chi connectivity index (χ2n) is 3.63. The number of thioether (sulfide) groups is 1. The van der Waals surface area contributed by atoms with Crippen molar-refractivity contribution in [2.75, 3.05) is 12.0 Å². The minimum absolute atomic E-state index is 0.0373. The van der Waals surface area contributed by atoms with E-state index in [4.69, 9.17) is 0 Å². The van der Waals surface area contributed by atoms with E-state index in [-0.39, 0.29) is 5.56 Å². The molecule has 84 valence electrons. The highest BCUT2D eigenvalue weighted by Crippen LogP contribution is 2.07. The van der Waals surface area contributed by atoms with Gasteiger partial charge in [-0.25, -0.2) is 4.98 Å². The van der Waals surface area contributed by atoms with Gasteiger partial charge in [0, 0.05) is 6.42 Å². The van der Waals surface area contributed by atoms with Crippen molar-refractivity contribution < 1.29 is 0 Å². The molecule has 1 heterocycles.